The second-order valence-electron chi connectivity index (χ2n) is 5.38. The Labute approximate surface area is 129 Å². The van der Waals surface area contributed by atoms with Gasteiger partial charge in [0.15, 0.2) is 0 Å². The minimum atomic E-state index is -0.881. The van der Waals surface area contributed by atoms with E-state index in [-0.39, 0.29) is 18.4 Å². The topological polar surface area (TPSA) is 57.6 Å². The molecule has 0 unspecified atom stereocenters. The molecule has 0 aromatic heterocycles. The van der Waals surface area contributed by atoms with Crippen molar-refractivity contribution in [2.75, 3.05) is 6.54 Å². The molecule has 2 aromatic rings. The molecule has 112 valence electrons. The Hall–Kier alpha value is -2.46. The van der Waals surface area contributed by atoms with Crippen LogP contribution in [0.15, 0.2) is 48.5 Å². The number of nitrogens with zero attached hydrogens (tertiary/aromatic N) is 1. The van der Waals surface area contributed by atoms with Crippen molar-refractivity contribution in [1.29, 1.82) is 0 Å². The maximum Gasteiger partial charge on any atom is 0.261 e. The first kappa shape index (κ1) is 14.5. The van der Waals surface area contributed by atoms with Gasteiger partial charge < -0.3 is 5.11 Å². The van der Waals surface area contributed by atoms with Gasteiger partial charge in [0, 0.05) is 0 Å². The normalized spacial score (nSPS) is 15.1. The van der Waals surface area contributed by atoms with Crippen LogP contribution in [0.2, 0.25) is 0 Å². The van der Waals surface area contributed by atoms with Crippen LogP contribution in [0.1, 0.15) is 44.9 Å². The molecule has 0 spiro atoms. The van der Waals surface area contributed by atoms with Crippen LogP contribution >= 0.6 is 0 Å². The predicted octanol–water partition coefficient (Wildman–Crippen LogP) is 2.58. The number of imide groups is 1. The van der Waals surface area contributed by atoms with Crippen LogP contribution in [-0.4, -0.2) is 28.4 Å². The van der Waals surface area contributed by atoms with Gasteiger partial charge in [-0.25, -0.2) is 0 Å². The van der Waals surface area contributed by atoms with E-state index in [9.17, 15) is 14.7 Å². The number of aliphatic hydroxyl groups excluding tert-OH is 1. The highest BCUT2D eigenvalue weighted by Gasteiger charge is 2.36. The first-order chi connectivity index (χ1) is 10.6. The number of β-amino-alcohol motifs (C(OH)–C–C–N with tert-alkyl or cyclic N) is 1. The van der Waals surface area contributed by atoms with E-state index < -0.39 is 6.10 Å². The summed E-state index contributed by atoms with van der Waals surface area (Å²) in [7, 11) is 0. The molecule has 1 aliphatic rings. The smallest absolute Gasteiger partial charge is 0.261 e. The molecule has 0 aliphatic carbocycles. The van der Waals surface area contributed by atoms with Crippen molar-refractivity contribution in [2.45, 2.75) is 19.4 Å². The predicted molar refractivity (Wildman–Crippen MR) is 82.6 cm³/mol. The molecule has 2 aromatic carbocycles. The lowest BCUT2D eigenvalue weighted by molar-refractivity contribution is 0.0543. The molecule has 0 saturated heterocycles. The van der Waals surface area contributed by atoms with Crippen LogP contribution in [0.25, 0.3) is 0 Å². The number of hydrogen-bond donors (Lipinski definition) is 1. The molecule has 0 radical (unpaired) electrons. The molecule has 3 rings (SSSR count). The van der Waals surface area contributed by atoms with Gasteiger partial charge in [-0.2, -0.15) is 0 Å². The van der Waals surface area contributed by atoms with E-state index in [0.717, 1.165) is 11.3 Å². The van der Waals surface area contributed by atoms with Gasteiger partial charge in [-0.05, 0) is 29.7 Å². The summed E-state index contributed by atoms with van der Waals surface area (Å²) in [5, 5.41) is 10.3. The first-order valence-corrected chi connectivity index (χ1v) is 7.34. The second-order valence-corrected chi connectivity index (χ2v) is 5.38. The van der Waals surface area contributed by atoms with Gasteiger partial charge in [-0.3, -0.25) is 14.5 Å². The number of rotatable bonds is 4. The van der Waals surface area contributed by atoms with E-state index in [2.05, 4.69) is 6.92 Å². The molecule has 4 nitrogen and oxygen atoms in total. The fourth-order valence-corrected chi connectivity index (χ4v) is 2.66. The highest BCUT2D eigenvalue weighted by Crippen LogP contribution is 2.25. The lowest BCUT2D eigenvalue weighted by Crippen LogP contribution is -2.33. The van der Waals surface area contributed by atoms with Gasteiger partial charge in [0.1, 0.15) is 0 Å². The number of aryl methyl sites for hydroxylation is 1. The van der Waals surface area contributed by atoms with E-state index in [0.29, 0.717) is 16.7 Å². The van der Waals surface area contributed by atoms with Crippen LogP contribution in [-0.2, 0) is 6.42 Å². The van der Waals surface area contributed by atoms with Gasteiger partial charge in [-0.15, -0.1) is 0 Å². The van der Waals surface area contributed by atoms with Gasteiger partial charge in [0.05, 0.1) is 23.8 Å². The van der Waals surface area contributed by atoms with Crippen LogP contribution in [0.4, 0.5) is 0 Å². The first-order valence-electron chi connectivity index (χ1n) is 7.34. The highest BCUT2D eigenvalue weighted by atomic mass is 16.3. The zero-order chi connectivity index (χ0) is 15.7. The van der Waals surface area contributed by atoms with Crippen molar-refractivity contribution >= 4 is 11.8 Å². The summed E-state index contributed by atoms with van der Waals surface area (Å²) >= 11 is 0. The third-order valence-corrected chi connectivity index (χ3v) is 4.01. The zero-order valence-corrected chi connectivity index (χ0v) is 12.3. The summed E-state index contributed by atoms with van der Waals surface area (Å²) < 4.78 is 0. The van der Waals surface area contributed by atoms with E-state index in [4.69, 9.17) is 0 Å². The Morgan fingerprint density at radius 3 is 2.00 bits per heavy atom. The van der Waals surface area contributed by atoms with E-state index in [1.807, 2.05) is 24.3 Å². The monoisotopic (exact) mass is 295 g/mol. The summed E-state index contributed by atoms with van der Waals surface area (Å²) in [5.74, 6) is -0.686. The molecule has 1 atom stereocenters. The summed E-state index contributed by atoms with van der Waals surface area (Å²) in [6, 6.07) is 14.3. The van der Waals surface area contributed by atoms with Crippen molar-refractivity contribution in [3.63, 3.8) is 0 Å². The van der Waals surface area contributed by atoms with Crippen LogP contribution in [0.5, 0.6) is 0 Å². The van der Waals surface area contributed by atoms with Crippen molar-refractivity contribution in [3.05, 3.63) is 70.8 Å². The molecule has 4 heteroatoms. The largest absolute Gasteiger partial charge is 0.387 e. The molecule has 1 N–H and O–H groups in total. The fraction of sp³-hybridized carbons (Fsp3) is 0.222. The molecule has 0 bridgehead atoms. The summed E-state index contributed by atoms with van der Waals surface area (Å²) in [6.07, 6.45) is 0.0440. The molecule has 1 aliphatic heterocycles. The maximum atomic E-state index is 12.3. The molecule has 0 saturated carbocycles. The Morgan fingerprint density at radius 1 is 0.955 bits per heavy atom. The number of carbonyl (C=O) groups excluding carboxylic acids is 2. The lowest BCUT2D eigenvalue weighted by Gasteiger charge is -2.19. The summed E-state index contributed by atoms with van der Waals surface area (Å²) in [6.45, 7) is 2.03. The minimum absolute atomic E-state index is 0.0299. The third kappa shape index (κ3) is 2.42. The molecule has 22 heavy (non-hydrogen) atoms. The third-order valence-electron chi connectivity index (χ3n) is 4.01. The summed E-state index contributed by atoms with van der Waals surface area (Å²) in [5.41, 5.74) is 2.69. The number of fused-ring (bicyclic) bond motifs is 1. The van der Waals surface area contributed by atoms with Crippen molar-refractivity contribution in [2.24, 2.45) is 0 Å². The van der Waals surface area contributed by atoms with E-state index in [1.165, 1.54) is 5.56 Å². The Kier molecular flexibility index (Phi) is 3.77. The standard InChI is InChI=1S/C18H17NO3/c1-2-12-7-9-13(10-8-12)16(20)11-19-17(21)14-5-3-4-6-15(14)18(19)22/h3-10,16,20H,2,11H2,1H3/t16-/m0/s1. The number of carbonyl (C=O) groups is 2. The highest BCUT2D eigenvalue weighted by molar-refractivity contribution is 6.21. The lowest BCUT2D eigenvalue weighted by atomic mass is 10.1. The zero-order valence-electron chi connectivity index (χ0n) is 12.3. The SMILES string of the molecule is CCc1ccc([C@@H](O)CN2C(=O)c3ccccc3C2=O)cc1. The van der Waals surface area contributed by atoms with Gasteiger partial charge in [0.25, 0.3) is 11.8 Å². The van der Waals surface area contributed by atoms with Crippen molar-refractivity contribution in [3.8, 4) is 0 Å². The fourth-order valence-electron chi connectivity index (χ4n) is 2.66. The van der Waals surface area contributed by atoms with Gasteiger partial charge >= 0.3 is 0 Å². The molecule has 0 fully saturated rings. The van der Waals surface area contributed by atoms with Crippen molar-refractivity contribution in [1.82, 2.24) is 4.90 Å². The average Bonchev–Trinajstić information content (AvgIpc) is 2.80. The van der Waals surface area contributed by atoms with Gasteiger partial charge in [0.2, 0.25) is 0 Å². The average molecular weight is 295 g/mol. The Bertz CT molecular complexity index is 686. The van der Waals surface area contributed by atoms with Crippen LogP contribution in [0, 0.1) is 0 Å². The minimum Gasteiger partial charge on any atom is -0.387 e. The second kappa shape index (κ2) is 5.73. The number of aliphatic hydroxyl groups is 1. The number of amides is 2. The van der Waals surface area contributed by atoms with Gasteiger partial charge in [-0.1, -0.05) is 43.3 Å². The van der Waals surface area contributed by atoms with E-state index >= 15 is 0 Å². The van der Waals surface area contributed by atoms with Crippen molar-refractivity contribution < 1.29 is 14.7 Å². The quantitative estimate of drug-likeness (QED) is 0.882. The number of hydrogen-bond acceptors (Lipinski definition) is 3. The molecular formula is C18H17NO3. The number of benzene rings is 2. The summed E-state index contributed by atoms with van der Waals surface area (Å²) in [4.78, 5) is 25.7. The van der Waals surface area contributed by atoms with Crippen LogP contribution in [0.3, 0.4) is 0 Å². The Balaban J connectivity index is 1.79. The molecule has 1 heterocycles. The molecular weight excluding hydrogens is 278 g/mol. The Morgan fingerprint density at radius 2 is 1.50 bits per heavy atom. The maximum absolute atomic E-state index is 12.3. The van der Waals surface area contributed by atoms with E-state index in [1.54, 1.807) is 24.3 Å². The molecule has 2 amide bonds. The van der Waals surface area contributed by atoms with Crippen LogP contribution < -0.4 is 0 Å².